The summed E-state index contributed by atoms with van der Waals surface area (Å²) >= 11 is 9.38. The fourth-order valence-electron chi connectivity index (χ4n) is 1.69. The van der Waals surface area contributed by atoms with Crippen molar-refractivity contribution in [1.82, 2.24) is 0 Å². The third kappa shape index (κ3) is 3.95. The Labute approximate surface area is 135 Å². The molecule has 21 heavy (non-hydrogen) atoms. The van der Waals surface area contributed by atoms with Crippen LogP contribution in [0.1, 0.15) is 0 Å². The molecule has 3 nitrogen and oxygen atoms in total. The zero-order valence-corrected chi connectivity index (χ0v) is 13.5. The van der Waals surface area contributed by atoms with Crippen molar-refractivity contribution in [3.63, 3.8) is 0 Å². The van der Waals surface area contributed by atoms with E-state index in [1.165, 1.54) is 17.0 Å². The number of ether oxygens (including phenoxy) is 1. The minimum atomic E-state index is -0.505. The standard InChI is InChI=1S/C15H12BrClFNO2/c1-19(13-7-6-10(16)8-11(13)17)15(20)9-21-14-5-3-2-4-12(14)18/h2-8H,9H2,1H3. The molecule has 0 aliphatic carbocycles. The molecule has 2 aromatic rings. The second-order valence-electron chi connectivity index (χ2n) is 4.27. The number of likely N-dealkylation sites (N-methyl/N-ethyl adjacent to an activating group) is 1. The lowest BCUT2D eigenvalue weighted by molar-refractivity contribution is -0.120. The summed E-state index contributed by atoms with van der Waals surface area (Å²) in [6, 6.07) is 11.1. The van der Waals surface area contributed by atoms with Crippen molar-refractivity contribution >= 4 is 39.1 Å². The number of anilines is 1. The summed E-state index contributed by atoms with van der Waals surface area (Å²) in [5.41, 5.74) is 0.557. The first-order chi connectivity index (χ1) is 9.99. The van der Waals surface area contributed by atoms with Gasteiger partial charge in [0, 0.05) is 11.5 Å². The number of carbonyl (C=O) groups is 1. The molecule has 0 N–H and O–H groups in total. The number of rotatable bonds is 4. The average molecular weight is 373 g/mol. The van der Waals surface area contributed by atoms with Gasteiger partial charge in [0.1, 0.15) is 0 Å². The first kappa shape index (κ1) is 15.8. The molecule has 110 valence electrons. The van der Waals surface area contributed by atoms with Gasteiger partial charge in [-0.25, -0.2) is 4.39 Å². The molecule has 0 spiro atoms. The number of carbonyl (C=O) groups excluding carboxylic acids is 1. The molecule has 0 unspecified atom stereocenters. The number of hydrogen-bond donors (Lipinski definition) is 0. The Hall–Kier alpha value is -1.59. The zero-order chi connectivity index (χ0) is 15.4. The van der Waals surface area contributed by atoms with E-state index >= 15 is 0 Å². The first-order valence-corrected chi connectivity index (χ1v) is 7.25. The summed E-state index contributed by atoms with van der Waals surface area (Å²) < 4.78 is 19.4. The lowest BCUT2D eigenvalue weighted by Crippen LogP contribution is -2.31. The maximum atomic E-state index is 13.4. The van der Waals surface area contributed by atoms with E-state index in [2.05, 4.69) is 15.9 Å². The number of halogens is 3. The van der Waals surface area contributed by atoms with E-state index in [0.29, 0.717) is 10.7 Å². The van der Waals surface area contributed by atoms with Crippen LogP contribution in [0.2, 0.25) is 5.02 Å². The van der Waals surface area contributed by atoms with Gasteiger partial charge in [-0.2, -0.15) is 0 Å². The van der Waals surface area contributed by atoms with Crippen LogP contribution in [0.25, 0.3) is 0 Å². The Kier molecular flexibility index (Phi) is 5.20. The zero-order valence-electron chi connectivity index (χ0n) is 11.1. The highest BCUT2D eigenvalue weighted by molar-refractivity contribution is 9.10. The van der Waals surface area contributed by atoms with Crippen molar-refractivity contribution in [2.75, 3.05) is 18.6 Å². The van der Waals surface area contributed by atoms with Crippen molar-refractivity contribution in [3.8, 4) is 5.75 Å². The number of nitrogens with zero attached hydrogens (tertiary/aromatic N) is 1. The molecule has 2 aromatic carbocycles. The van der Waals surface area contributed by atoms with Crippen LogP contribution in [0.4, 0.5) is 10.1 Å². The smallest absolute Gasteiger partial charge is 0.264 e. The topological polar surface area (TPSA) is 29.5 Å². The minimum absolute atomic E-state index is 0.0427. The molecule has 2 rings (SSSR count). The van der Waals surface area contributed by atoms with Gasteiger partial charge in [-0.05, 0) is 30.3 Å². The third-order valence-electron chi connectivity index (χ3n) is 2.83. The number of hydrogen-bond acceptors (Lipinski definition) is 2. The lowest BCUT2D eigenvalue weighted by Gasteiger charge is -2.19. The predicted octanol–water partition coefficient (Wildman–Crippen LogP) is 4.28. The minimum Gasteiger partial charge on any atom is -0.481 e. The molecule has 0 radical (unpaired) electrons. The summed E-state index contributed by atoms with van der Waals surface area (Å²) in [5.74, 6) is -0.793. The normalized spacial score (nSPS) is 10.3. The number of amides is 1. The van der Waals surface area contributed by atoms with Gasteiger partial charge in [-0.3, -0.25) is 4.79 Å². The van der Waals surface area contributed by atoms with E-state index < -0.39 is 5.82 Å². The van der Waals surface area contributed by atoms with Crippen molar-refractivity contribution in [2.45, 2.75) is 0 Å². The molecule has 0 aromatic heterocycles. The maximum absolute atomic E-state index is 13.4. The molecule has 0 saturated heterocycles. The van der Waals surface area contributed by atoms with Crippen LogP contribution in [0.15, 0.2) is 46.9 Å². The van der Waals surface area contributed by atoms with Gasteiger partial charge in [0.2, 0.25) is 0 Å². The van der Waals surface area contributed by atoms with Gasteiger partial charge in [0.15, 0.2) is 18.2 Å². The molecule has 6 heteroatoms. The van der Waals surface area contributed by atoms with E-state index in [9.17, 15) is 9.18 Å². The average Bonchev–Trinajstić information content (AvgIpc) is 2.45. The number of para-hydroxylation sites is 1. The van der Waals surface area contributed by atoms with Gasteiger partial charge in [-0.1, -0.05) is 39.7 Å². The monoisotopic (exact) mass is 371 g/mol. The van der Waals surface area contributed by atoms with Crippen molar-refractivity contribution in [1.29, 1.82) is 0 Å². The summed E-state index contributed by atoms with van der Waals surface area (Å²) in [6.45, 7) is -0.274. The molecular formula is C15H12BrClFNO2. The molecule has 0 saturated carbocycles. The summed E-state index contributed by atoms with van der Waals surface area (Å²) in [6.07, 6.45) is 0. The second kappa shape index (κ2) is 6.91. The van der Waals surface area contributed by atoms with Gasteiger partial charge < -0.3 is 9.64 Å². The highest BCUT2D eigenvalue weighted by Crippen LogP contribution is 2.28. The van der Waals surface area contributed by atoms with Crippen molar-refractivity contribution < 1.29 is 13.9 Å². The highest BCUT2D eigenvalue weighted by Gasteiger charge is 2.15. The van der Waals surface area contributed by atoms with Gasteiger partial charge >= 0.3 is 0 Å². The van der Waals surface area contributed by atoms with Crippen LogP contribution in [-0.4, -0.2) is 19.6 Å². The van der Waals surface area contributed by atoms with Crippen LogP contribution in [0.3, 0.4) is 0 Å². The quantitative estimate of drug-likeness (QED) is 0.801. The molecule has 0 atom stereocenters. The fourth-order valence-corrected chi connectivity index (χ4v) is 2.49. The Bertz CT molecular complexity index is 666. The third-order valence-corrected chi connectivity index (χ3v) is 3.63. The highest BCUT2D eigenvalue weighted by atomic mass is 79.9. The van der Waals surface area contributed by atoms with Crippen molar-refractivity contribution in [2.24, 2.45) is 0 Å². The van der Waals surface area contributed by atoms with Crippen LogP contribution in [0, 0.1) is 5.82 Å². The largest absolute Gasteiger partial charge is 0.481 e. The predicted molar refractivity (Wildman–Crippen MR) is 84.5 cm³/mol. The van der Waals surface area contributed by atoms with Crippen molar-refractivity contribution in [3.05, 3.63) is 57.8 Å². The molecule has 0 bridgehead atoms. The summed E-state index contributed by atoms with van der Waals surface area (Å²) in [7, 11) is 1.59. The Morgan fingerprint density at radius 3 is 2.71 bits per heavy atom. The molecule has 0 fully saturated rings. The van der Waals surface area contributed by atoms with E-state index in [0.717, 1.165) is 4.47 Å². The van der Waals surface area contributed by atoms with Crippen LogP contribution in [-0.2, 0) is 4.79 Å². The van der Waals surface area contributed by atoms with Crippen LogP contribution < -0.4 is 9.64 Å². The van der Waals surface area contributed by atoms with Gasteiger partial charge in [0.25, 0.3) is 5.91 Å². The van der Waals surface area contributed by atoms with Crippen LogP contribution >= 0.6 is 27.5 Å². The second-order valence-corrected chi connectivity index (χ2v) is 5.59. The number of benzene rings is 2. The van der Waals surface area contributed by atoms with E-state index in [1.807, 2.05) is 0 Å². The van der Waals surface area contributed by atoms with E-state index in [-0.39, 0.29) is 18.3 Å². The first-order valence-electron chi connectivity index (χ1n) is 6.08. The lowest BCUT2D eigenvalue weighted by atomic mass is 10.3. The maximum Gasteiger partial charge on any atom is 0.264 e. The van der Waals surface area contributed by atoms with Gasteiger partial charge in [-0.15, -0.1) is 0 Å². The van der Waals surface area contributed by atoms with Gasteiger partial charge in [0.05, 0.1) is 10.7 Å². The summed E-state index contributed by atoms with van der Waals surface area (Å²) in [4.78, 5) is 13.4. The Morgan fingerprint density at radius 1 is 1.33 bits per heavy atom. The molecule has 0 aliphatic heterocycles. The van der Waals surface area contributed by atoms with E-state index in [4.69, 9.17) is 16.3 Å². The fraction of sp³-hybridized carbons (Fsp3) is 0.133. The summed E-state index contributed by atoms with van der Waals surface area (Å²) in [5, 5.41) is 0.436. The Balaban J connectivity index is 2.05. The molecule has 0 heterocycles. The molecular weight excluding hydrogens is 361 g/mol. The molecule has 0 aliphatic rings. The SMILES string of the molecule is CN(C(=O)COc1ccccc1F)c1ccc(Br)cc1Cl. The van der Waals surface area contributed by atoms with Crippen LogP contribution in [0.5, 0.6) is 5.75 Å². The Morgan fingerprint density at radius 2 is 2.05 bits per heavy atom. The molecule has 1 amide bonds. The van der Waals surface area contributed by atoms with E-state index in [1.54, 1.807) is 37.4 Å².